The lowest BCUT2D eigenvalue weighted by atomic mass is 10.2. The first kappa shape index (κ1) is 16.0. The van der Waals surface area contributed by atoms with Crippen molar-refractivity contribution in [3.05, 3.63) is 65.1 Å². The predicted octanol–water partition coefficient (Wildman–Crippen LogP) is 1.65. The molecule has 7 nitrogen and oxygen atoms in total. The van der Waals surface area contributed by atoms with E-state index in [9.17, 15) is 13.2 Å². The number of fused-ring (bicyclic) bond motifs is 1. The van der Waals surface area contributed by atoms with Crippen LogP contribution in [0.5, 0.6) is 11.5 Å². The number of carbonyl (C=O) groups excluding carboxylic acids is 1. The molecule has 1 heterocycles. The minimum Gasteiger partial charge on any atom is -0.454 e. The molecule has 0 aromatic heterocycles. The monoisotopic (exact) mass is 346 g/mol. The van der Waals surface area contributed by atoms with Crippen LogP contribution >= 0.6 is 0 Å². The number of carbonyl (C=O) groups is 1. The van der Waals surface area contributed by atoms with Crippen LogP contribution in [0.2, 0.25) is 0 Å². The maximum absolute atomic E-state index is 12.0. The van der Waals surface area contributed by atoms with Crippen molar-refractivity contribution in [1.82, 2.24) is 10.3 Å². The molecule has 0 aliphatic carbocycles. The summed E-state index contributed by atoms with van der Waals surface area (Å²) >= 11 is 0. The van der Waals surface area contributed by atoms with Crippen molar-refractivity contribution in [2.45, 2.75) is 0 Å². The largest absolute Gasteiger partial charge is 0.454 e. The lowest BCUT2D eigenvalue weighted by Gasteiger charge is -2.06. The maximum Gasteiger partial charge on any atom is 0.266 e. The molecule has 0 spiro atoms. The molecule has 24 heavy (non-hydrogen) atoms. The van der Waals surface area contributed by atoms with Crippen LogP contribution in [0.4, 0.5) is 0 Å². The number of sulfonamides is 1. The summed E-state index contributed by atoms with van der Waals surface area (Å²) in [5.74, 6) is 0.373. The molecule has 1 aliphatic rings. The Labute approximate surface area is 138 Å². The number of benzene rings is 2. The van der Waals surface area contributed by atoms with Gasteiger partial charge >= 0.3 is 0 Å². The molecule has 0 radical (unpaired) electrons. The molecule has 0 bridgehead atoms. The van der Waals surface area contributed by atoms with Gasteiger partial charge in [0.2, 0.25) is 6.79 Å². The van der Waals surface area contributed by atoms with Gasteiger partial charge in [-0.1, -0.05) is 30.3 Å². The first-order chi connectivity index (χ1) is 11.5. The second-order valence-corrected chi connectivity index (χ2v) is 6.45. The van der Waals surface area contributed by atoms with Crippen LogP contribution in [0, 0.1) is 0 Å². The minimum atomic E-state index is -3.81. The molecule has 0 fully saturated rings. The van der Waals surface area contributed by atoms with Gasteiger partial charge in [-0.05, 0) is 29.8 Å². The lowest BCUT2D eigenvalue weighted by Crippen LogP contribution is -2.40. The maximum atomic E-state index is 12.0. The second kappa shape index (κ2) is 6.73. The number of hydrogen-bond donors (Lipinski definition) is 2. The van der Waals surface area contributed by atoms with Gasteiger partial charge in [0.1, 0.15) is 0 Å². The fourth-order valence-electron chi connectivity index (χ4n) is 1.99. The van der Waals surface area contributed by atoms with Crippen LogP contribution in [-0.4, -0.2) is 21.1 Å². The first-order valence-corrected chi connectivity index (χ1v) is 8.53. The van der Waals surface area contributed by atoms with E-state index < -0.39 is 15.9 Å². The van der Waals surface area contributed by atoms with Gasteiger partial charge in [-0.3, -0.25) is 10.2 Å². The van der Waals surface area contributed by atoms with E-state index in [-0.39, 0.29) is 12.4 Å². The van der Waals surface area contributed by atoms with Crippen molar-refractivity contribution in [3.63, 3.8) is 0 Å². The fraction of sp³-hybridized carbons (Fsp3) is 0.0625. The summed E-state index contributed by atoms with van der Waals surface area (Å²) in [6.45, 7) is 0.0946. The lowest BCUT2D eigenvalue weighted by molar-refractivity contribution is 0.0945. The van der Waals surface area contributed by atoms with Crippen molar-refractivity contribution in [3.8, 4) is 11.5 Å². The summed E-state index contributed by atoms with van der Waals surface area (Å²) in [5, 5.41) is 0.974. The van der Waals surface area contributed by atoms with Crippen molar-refractivity contribution < 1.29 is 22.7 Å². The molecule has 1 amide bonds. The van der Waals surface area contributed by atoms with Gasteiger partial charge in [0, 0.05) is 11.0 Å². The van der Waals surface area contributed by atoms with Crippen LogP contribution < -0.4 is 19.7 Å². The molecular weight excluding hydrogens is 332 g/mol. The molecule has 0 saturated carbocycles. The molecule has 2 aromatic carbocycles. The molecule has 8 heteroatoms. The topological polar surface area (TPSA) is 93.7 Å². The summed E-state index contributed by atoms with van der Waals surface area (Å²) in [5.41, 5.74) is 3.11. The van der Waals surface area contributed by atoms with Crippen molar-refractivity contribution >= 4 is 22.0 Å². The molecule has 3 rings (SSSR count). The zero-order valence-electron chi connectivity index (χ0n) is 12.4. The van der Waals surface area contributed by atoms with E-state index in [1.807, 2.05) is 10.9 Å². The normalized spacial score (nSPS) is 13.2. The van der Waals surface area contributed by atoms with Gasteiger partial charge in [0.25, 0.3) is 15.9 Å². The summed E-state index contributed by atoms with van der Waals surface area (Å²) in [6, 6.07) is 13.5. The van der Waals surface area contributed by atoms with E-state index in [0.29, 0.717) is 11.5 Å². The number of hydrazine groups is 1. The van der Waals surface area contributed by atoms with Crippen molar-refractivity contribution in [2.24, 2.45) is 0 Å². The molecule has 2 aromatic rings. The van der Waals surface area contributed by atoms with E-state index in [1.54, 1.807) is 30.3 Å². The Kier molecular flexibility index (Phi) is 4.50. The number of hydrogen-bond acceptors (Lipinski definition) is 5. The molecule has 1 aliphatic heterocycles. The zero-order valence-corrected chi connectivity index (χ0v) is 13.2. The Morgan fingerprint density at radius 2 is 1.79 bits per heavy atom. The van der Waals surface area contributed by atoms with E-state index in [0.717, 1.165) is 11.0 Å². The Morgan fingerprint density at radius 1 is 1.04 bits per heavy atom. The third-order valence-corrected chi connectivity index (χ3v) is 4.06. The Hall–Kier alpha value is -2.84. The highest BCUT2D eigenvalue weighted by Crippen LogP contribution is 2.32. The Bertz CT molecular complexity index is 879. The molecule has 0 atom stereocenters. The van der Waals surface area contributed by atoms with Crippen LogP contribution in [0.3, 0.4) is 0 Å². The second-order valence-electron chi connectivity index (χ2n) is 4.88. The molecule has 0 unspecified atom stereocenters. The van der Waals surface area contributed by atoms with Crippen LogP contribution in [0.15, 0.2) is 53.9 Å². The van der Waals surface area contributed by atoms with E-state index in [1.165, 1.54) is 18.2 Å². The zero-order chi connectivity index (χ0) is 17.0. The quantitative estimate of drug-likeness (QED) is 0.803. The molecule has 124 valence electrons. The van der Waals surface area contributed by atoms with Crippen LogP contribution in [0.1, 0.15) is 15.9 Å². The highest BCUT2D eigenvalue weighted by Gasteiger charge is 2.17. The summed E-state index contributed by atoms with van der Waals surface area (Å²) < 4.78 is 34.1. The Morgan fingerprint density at radius 3 is 2.58 bits per heavy atom. The van der Waals surface area contributed by atoms with Gasteiger partial charge < -0.3 is 9.47 Å². The van der Waals surface area contributed by atoms with Gasteiger partial charge in [-0.15, -0.1) is 4.83 Å². The fourth-order valence-corrected chi connectivity index (χ4v) is 2.63. The smallest absolute Gasteiger partial charge is 0.266 e. The molecular formula is C16H14N2O5S. The highest BCUT2D eigenvalue weighted by molar-refractivity contribution is 7.92. The van der Waals surface area contributed by atoms with Crippen molar-refractivity contribution in [2.75, 3.05) is 6.79 Å². The third kappa shape index (κ3) is 3.92. The predicted molar refractivity (Wildman–Crippen MR) is 87.6 cm³/mol. The Balaban J connectivity index is 1.62. The highest BCUT2D eigenvalue weighted by atomic mass is 32.2. The van der Waals surface area contributed by atoms with E-state index in [4.69, 9.17) is 9.47 Å². The SMILES string of the molecule is O=C(NNS(=O)(=O)/C=C\c1ccccc1)c1ccc2c(c1)OCO2. The number of ether oxygens (including phenoxy) is 2. The minimum absolute atomic E-state index is 0.0946. The average Bonchev–Trinajstić information content (AvgIpc) is 3.07. The molecule has 0 saturated heterocycles. The summed E-state index contributed by atoms with van der Waals surface area (Å²) in [7, 11) is -3.81. The van der Waals surface area contributed by atoms with Gasteiger partial charge in [-0.25, -0.2) is 8.42 Å². The van der Waals surface area contributed by atoms with Gasteiger partial charge in [0.15, 0.2) is 11.5 Å². The van der Waals surface area contributed by atoms with Crippen molar-refractivity contribution in [1.29, 1.82) is 0 Å². The van der Waals surface area contributed by atoms with Crippen LogP contribution in [-0.2, 0) is 10.0 Å². The first-order valence-electron chi connectivity index (χ1n) is 6.98. The van der Waals surface area contributed by atoms with E-state index >= 15 is 0 Å². The standard InChI is InChI=1S/C16H14N2O5S/c19-16(13-6-7-14-15(10-13)23-11-22-14)17-18-24(20,21)9-8-12-4-2-1-3-5-12/h1-10,18H,11H2,(H,17,19)/b9-8-. The van der Waals surface area contributed by atoms with Gasteiger partial charge in [-0.2, -0.15) is 0 Å². The number of amides is 1. The van der Waals surface area contributed by atoms with Gasteiger partial charge in [0.05, 0.1) is 0 Å². The summed E-state index contributed by atoms with van der Waals surface area (Å²) in [4.78, 5) is 14.0. The van der Waals surface area contributed by atoms with E-state index in [2.05, 4.69) is 5.43 Å². The average molecular weight is 346 g/mol. The molecule has 2 N–H and O–H groups in total. The number of nitrogens with one attached hydrogen (secondary N) is 2. The third-order valence-electron chi connectivity index (χ3n) is 3.18. The van der Waals surface area contributed by atoms with Crippen LogP contribution in [0.25, 0.3) is 6.08 Å². The number of rotatable bonds is 5. The summed E-state index contributed by atoms with van der Waals surface area (Å²) in [6.07, 6.45) is 1.43.